The van der Waals surface area contributed by atoms with Gasteiger partial charge in [-0.3, -0.25) is 14.4 Å². The first-order valence-electron chi connectivity index (χ1n) is 9.30. The van der Waals surface area contributed by atoms with Gasteiger partial charge in [0.05, 0.1) is 12.9 Å². The molecule has 0 aromatic carbocycles. The van der Waals surface area contributed by atoms with Crippen LogP contribution < -0.4 is 21.7 Å². The van der Waals surface area contributed by atoms with Crippen LogP contribution in [-0.4, -0.2) is 92.4 Å². The molecule has 0 aliphatic rings. The van der Waals surface area contributed by atoms with Gasteiger partial charge in [-0.1, -0.05) is 0 Å². The zero-order valence-electron chi connectivity index (χ0n) is 16.9. The van der Waals surface area contributed by atoms with Gasteiger partial charge in [0.1, 0.15) is 24.2 Å². The SMILES string of the molecule is CSCCC(NC(=O)C(N)CO)C(=O)NC(CS)C(=O)NC(Cc1cnc[nH]1)C(=O)O. The smallest absolute Gasteiger partial charge is 0.326 e. The molecule has 1 heterocycles. The van der Waals surface area contributed by atoms with Gasteiger partial charge in [0.25, 0.3) is 0 Å². The van der Waals surface area contributed by atoms with Gasteiger partial charge in [-0.2, -0.15) is 24.4 Å². The minimum atomic E-state index is -1.25. The van der Waals surface area contributed by atoms with E-state index in [9.17, 15) is 24.3 Å². The Morgan fingerprint density at radius 2 is 1.77 bits per heavy atom. The number of carboxylic acids is 1. The molecule has 174 valence electrons. The lowest BCUT2D eigenvalue weighted by atomic mass is 10.1. The number of amides is 3. The van der Waals surface area contributed by atoms with Crippen molar-refractivity contribution in [1.29, 1.82) is 0 Å². The number of rotatable bonds is 14. The van der Waals surface area contributed by atoms with E-state index in [1.807, 2.05) is 6.26 Å². The highest BCUT2D eigenvalue weighted by atomic mass is 32.2. The van der Waals surface area contributed by atoms with Gasteiger partial charge in [-0.05, 0) is 18.4 Å². The van der Waals surface area contributed by atoms with Crippen LogP contribution in [0.15, 0.2) is 12.5 Å². The number of carboxylic acid groups (broad SMARTS) is 1. The summed E-state index contributed by atoms with van der Waals surface area (Å²) in [4.78, 5) is 55.2. The third-order valence-electron chi connectivity index (χ3n) is 4.19. The quantitative estimate of drug-likeness (QED) is 0.134. The Morgan fingerprint density at radius 3 is 2.29 bits per heavy atom. The number of carbonyl (C=O) groups excluding carboxylic acids is 3. The first-order chi connectivity index (χ1) is 14.7. The van der Waals surface area contributed by atoms with Gasteiger partial charge < -0.3 is 36.9 Å². The van der Waals surface area contributed by atoms with Gasteiger partial charge in [0, 0.05) is 24.1 Å². The molecule has 0 saturated carbocycles. The molecule has 1 aromatic heterocycles. The fraction of sp³-hybridized carbons (Fsp3) is 0.588. The highest BCUT2D eigenvalue weighted by molar-refractivity contribution is 7.98. The zero-order valence-corrected chi connectivity index (χ0v) is 18.6. The molecule has 12 nitrogen and oxygen atoms in total. The molecule has 0 spiro atoms. The van der Waals surface area contributed by atoms with Crippen LogP contribution in [0.2, 0.25) is 0 Å². The molecule has 0 aliphatic carbocycles. The molecule has 0 saturated heterocycles. The number of nitrogens with zero attached hydrogens (tertiary/aromatic N) is 1. The van der Waals surface area contributed by atoms with Crippen molar-refractivity contribution in [2.75, 3.05) is 24.4 Å². The number of thiol groups is 1. The lowest BCUT2D eigenvalue weighted by Gasteiger charge is -2.24. The van der Waals surface area contributed by atoms with Crippen molar-refractivity contribution in [2.45, 2.75) is 37.0 Å². The lowest BCUT2D eigenvalue weighted by molar-refractivity contribution is -0.142. The number of aromatic nitrogens is 2. The second-order valence-corrected chi connectivity index (χ2v) is 7.91. The Labute approximate surface area is 188 Å². The van der Waals surface area contributed by atoms with Crippen LogP contribution in [0.4, 0.5) is 0 Å². The molecule has 4 atom stereocenters. The Kier molecular flexibility index (Phi) is 12.0. The molecule has 14 heteroatoms. The van der Waals surface area contributed by atoms with Crippen molar-refractivity contribution in [3.05, 3.63) is 18.2 Å². The Hall–Kier alpha value is -2.29. The summed E-state index contributed by atoms with van der Waals surface area (Å²) in [7, 11) is 0. The third kappa shape index (κ3) is 9.16. The van der Waals surface area contributed by atoms with Crippen molar-refractivity contribution in [2.24, 2.45) is 5.73 Å². The minimum Gasteiger partial charge on any atom is -0.480 e. The second kappa shape index (κ2) is 13.9. The van der Waals surface area contributed by atoms with Gasteiger partial charge in [0.2, 0.25) is 17.7 Å². The Balaban J connectivity index is 2.80. The molecular weight excluding hydrogens is 448 g/mol. The lowest BCUT2D eigenvalue weighted by Crippen LogP contribution is -2.58. The Morgan fingerprint density at radius 1 is 1.16 bits per heavy atom. The van der Waals surface area contributed by atoms with E-state index in [0.29, 0.717) is 11.4 Å². The van der Waals surface area contributed by atoms with E-state index in [0.717, 1.165) is 0 Å². The third-order valence-corrected chi connectivity index (χ3v) is 5.20. The summed E-state index contributed by atoms with van der Waals surface area (Å²) in [6, 6.07) is -4.57. The van der Waals surface area contributed by atoms with Crippen LogP contribution in [0.1, 0.15) is 12.1 Å². The predicted molar refractivity (Wildman–Crippen MR) is 118 cm³/mol. The number of aliphatic hydroxyl groups is 1. The number of aliphatic hydroxyl groups excluding tert-OH is 1. The average Bonchev–Trinajstić information content (AvgIpc) is 3.26. The van der Waals surface area contributed by atoms with Crippen molar-refractivity contribution < 1.29 is 29.4 Å². The maximum absolute atomic E-state index is 12.7. The number of aromatic amines is 1. The summed E-state index contributed by atoms with van der Waals surface area (Å²) in [5, 5.41) is 25.7. The maximum Gasteiger partial charge on any atom is 0.326 e. The molecule has 8 N–H and O–H groups in total. The molecule has 31 heavy (non-hydrogen) atoms. The first kappa shape index (κ1) is 26.7. The van der Waals surface area contributed by atoms with Crippen LogP contribution in [0, 0.1) is 0 Å². The summed E-state index contributed by atoms with van der Waals surface area (Å²) >= 11 is 5.52. The number of nitrogens with two attached hydrogens (primary N) is 1. The molecule has 0 bridgehead atoms. The number of carbonyl (C=O) groups is 4. The highest BCUT2D eigenvalue weighted by Crippen LogP contribution is 2.04. The number of hydrogen-bond donors (Lipinski definition) is 8. The van der Waals surface area contributed by atoms with Crippen LogP contribution >= 0.6 is 24.4 Å². The highest BCUT2D eigenvalue weighted by Gasteiger charge is 2.29. The summed E-state index contributed by atoms with van der Waals surface area (Å²) in [5.41, 5.74) is 5.98. The molecule has 0 fully saturated rings. The molecule has 0 aliphatic heterocycles. The fourth-order valence-corrected chi connectivity index (χ4v) is 3.15. The average molecular weight is 477 g/mol. The molecule has 0 radical (unpaired) electrons. The van der Waals surface area contributed by atoms with Crippen LogP contribution in [-0.2, 0) is 25.6 Å². The van der Waals surface area contributed by atoms with Crippen molar-refractivity contribution >= 4 is 48.1 Å². The summed E-state index contributed by atoms with van der Waals surface area (Å²) in [6.07, 6.45) is 4.88. The number of hydrogen-bond acceptors (Lipinski definition) is 9. The predicted octanol–water partition coefficient (Wildman–Crippen LogP) is -2.51. The van der Waals surface area contributed by atoms with E-state index in [2.05, 4.69) is 38.5 Å². The largest absolute Gasteiger partial charge is 0.480 e. The number of thioether (sulfide) groups is 1. The number of imidazole rings is 1. The number of aliphatic carboxylic acids is 1. The first-order valence-corrected chi connectivity index (χ1v) is 11.3. The molecule has 1 rings (SSSR count). The van der Waals surface area contributed by atoms with Gasteiger partial charge in [-0.25, -0.2) is 9.78 Å². The maximum atomic E-state index is 12.7. The van der Waals surface area contributed by atoms with Gasteiger partial charge in [-0.15, -0.1) is 0 Å². The van der Waals surface area contributed by atoms with Gasteiger partial charge in [0.15, 0.2) is 0 Å². The number of nitrogens with one attached hydrogen (secondary N) is 4. The van der Waals surface area contributed by atoms with Crippen molar-refractivity contribution in [3.8, 4) is 0 Å². The Bertz CT molecular complexity index is 735. The minimum absolute atomic E-state index is 0.0280. The molecular formula is C17H28N6O6S2. The topological polar surface area (TPSA) is 200 Å². The normalized spacial score (nSPS) is 14.7. The second-order valence-electron chi connectivity index (χ2n) is 6.56. The summed E-state index contributed by atoms with van der Waals surface area (Å²) in [6.45, 7) is -0.586. The van der Waals surface area contributed by atoms with Crippen molar-refractivity contribution in [3.63, 3.8) is 0 Å². The monoisotopic (exact) mass is 476 g/mol. The van der Waals surface area contributed by atoms with E-state index in [-0.39, 0.29) is 18.6 Å². The zero-order chi connectivity index (χ0) is 23.4. The van der Waals surface area contributed by atoms with Crippen LogP contribution in [0.5, 0.6) is 0 Å². The van der Waals surface area contributed by atoms with E-state index in [1.54, 1.807) is 0 Å². The van der Waals surface area contributed by atoms with E-state index in [1.165, 1.54) is 24.3 Å². The number of H-pyrrole nitrogens is 1. The summed E-state index contributed by atoms with van der Waals surface area (Å²) in [5.74, 6) is -2.92. The standard InChI is InChI=1S/C17H28N6O6S2/c1-31-3-2-11(21-14(25)10(18)6-24)15(26)23-13(7-30)16(27)22-12(17(28)29)4-9-5-19-8-20-9/h5,8,10-13,24,30H,2-4,6-7,18H2,1H3,(H,19,20)(H,21,25)(H,22,27)(H,23,26)(H,28,29). The van der Waals surface area contributed by atoms with E-state index >= 15 is 0 Å². The van der Waals surface area contributed by atoms with E-state index < -0.39 is 54.5 Å². The molecule has 1 aromatic rings. The van der Waals surface area contributed by atoms with Gasteiger partial charge >= 0.3 is 5.97 Å². The van der Waals surface area contributed by atoms with E-state index in [4.69, 9.17) is 10.8 Å². The van der Waals surface area contributed by atoms with Crippen LogP contribution in [0.25, 0.3) is 0 Å². The molecule has 3 amide bonds. The van der Waals surface area contributed by atoms with Crippen molar-refractivity contribution in [1.82, 2.24) is 25.9 Å². The van der Waals surface area contributed by atoms with Crippen LogP contribution in [0.3, 0.4) is 0 Å². The summed E-state index contributed by atoms with van der Waals surface area (Å²) < 4.78 is 0. The fourth-order valence-electron chi connectivity index (χ4n) is 2.42. The molecule has 4 unspecified atom stereocenters.